The summed E-state index contributed by atoms with van der Waals surface area (Å²) in [5, 5.41) is 11.6. The zero-order valence-corrected chi connectivity index (χ0v) is 18.4. The largest absolute Gasteiger partial charge is 0.488 e. The standard InChI is InChI=1S/C25H17ClF2O3S/c1-14-11-15(25(29)30)5-7-17(14)24-18(9-10-32-24)19-12-16(26)6-8-23(19)31-13-20-21(27)3-2-4-22(20)28/h2-12H,13H2,1H3,(H,29,30). The monoisotopic (exact) mass is 470 g/mol. The van der Waals surface area contributed by atoms with E-state index >= 15 is 0 Å². The van der Waals surface area contributed by atoms with E-state index in [4.69, 9.17) is 16.3 Å². The fourth-order valence-electron chi connectivity index (χ4n) is 3.44. The van der Waals surface area contributed by atoms with E-state index in [1.54, 1.807) is 36.4 Å². The van der Waals surface area contributed by atoms with Crippen LogP contribution in [0, 0.1) is 18.6 Å². The molecular weight excluding hydrogens is 454 g/mol. The van der Waals surface area contributed by atoms with Gasteiger partial charge in [-0.25, -0.2) is 13.6 Å². The summed E-state index contributed by atoms with van der Waals surface area (Å²) in [6, 6.07) is 15.6. The van der Waals surface area contributed by atoms with Crippen LogP contribution in [0.4, 0.5) is 8.78 Å². The Bertz CT molecular complexity index is 1300. The molecule has 4 aromatic rings. The van der Waals surface area contributed by atoms with Gasteiger partial charge in [-0.3, -0.25) is 0 Å². The van der Waals surface area contributed by atoms with Crippen LogP contribution in [0.2, 0.25) is 5.02 Å². The highest BCUT2D eigenvalue weighted by Crippen LogP contribution is 2.43. The lowest BCUT2D eigenvalue weighted by Gasteiger charge is -2.14. The SMILES string of the molecule is Cc1cc(C(=O)O)ccc1-c1sccc1-c1cc(Cl)ccc1OCc1c(F)cccc1F. The zero-order valence-electron chi connectivity index (χ0n) is 16.9. The Balaban J connectivity index is 1.74. The molecule has 32 heavy (non-hydrogen) atoms. The van der Waals surface area contributed by atoms with E-state index in [1.807, 2.05) is 18.4 Å². The topological polar surface area (TPSA) is 46.5 Å². The van der Waals surface area contributed by atoms with Crippen LogP contribution in [-0.4, -0.2) is 11.1 Å². The van der Waals surface area contributed by atoms with Crippen molar-refractivity contribution in [2.24, 2.45) is 0 Å². The number of rotatable bonds is 6. The average Bonchev–Trinajstić information content (AvgIpc) is 3.23. The van der Waals surface area contributed by atoms with E-state index in [1.165, 1.54) is 29.5 Å². The highest BCUT2D eigenvalue weighted by molar-refractivity contribution is 7.14. The number of carboxylic acid groups (broad SMARTS) is 1. The van der Waals surface area contributed by atoms with Gasteiger partial charge in [0, 0.05) is 21.0 Å². The third-order valence-corrected chi connectivity index (χ3v) is 6.23. The molecular formula is C25H17ClF2O3S. The van der Waals surface area contributed by atoms with Crippen molar-refractivity contribution < 1.29 is 23.4 Å². The minimum atomic E-state index is -0.989. The highest BCUT2D eigenvalue weighted by Gasteiger charge is 2.18. The van der Waals surface area contributed by atoms with E-state index in [0.717, 1.165) is 21.6 Å². The molecule has 0 fully saturated rings. The number of aromatic carboxylic acids is 1. The molecule has 4 rings (SSSR count). The van der Waals surface area contributed by atoms with Gasteiger partial charge in [-0.1, -0.05) is 23.7 Å². The summed E-state index contributed by atoms with van der Waals surface area (Å²) in [5.41, 5.74) is 3.25. The molecule has 0 saturated carbocycles. The van der Waals surface area contributed by atoms with Gasteiger partial charge in [0.1, 0.15) is 24.0 Å². The molecule has 7 heteroatoms. The molecule has 0 bridgehead atoms. The van der Waals surface area contributed by atoms with E-state index in [0.29, 0.717) is 16.3 Å². The van der Waals surface area contributed by atoms with Gasteiger partial charge < -0.3 is 9.84 Å². The lowest BCUT2D eigenvalue weighted by molar-refractivity contribution is 0.0697. The van der Waals surface area contributed by atoms with Crippen LogP contribution in [0.25, 0.3) is 21.6 Å². The Morgan fingerprint density at radius 2 is 1.75 bits per heavy atom. The smallest absolute Gasteiger partial charge is 0.335 e. The minimum absolute atomic E-state index is 0.154. The maximum absolute atomic E-state index is 14.0. The van der Waals surface area contributed by atoms with Gasteiger partial charge in [-0.2, -0.15) is 0 Å². The first kappa shape index (κ1) is 22.0. The fraction of sp³-hybridized carbons (Fsp3) is 0.0800. The second-order valence-corrected chi connectivity index (χ2v) is 8.48. The van der Waals surface area contributed by atoms with Crippen molar-refractivity contribution >= 4 is 28.9 Å². The molecule has 162 valence electrons. The average molecular weight is 471 g/mol. The number of hydrogen-bond donors (Lipinski definition) is 1. The number of halogens is 3. The first-order valence-corrected chi connectivity index (χ1v) is 10.9. The number of benzene rings is 3. The Labute approximate surface area is 192 Å². The van der Waals surface area contributed by atoms with Gasteiger partial charge in [0.25, 0.3) is 0 Å². The van der Waals surface area contributed by atoms with Gasteiger partial charge in [-0.05, 0) is 72.0 Å². The molecule has 3 nitrogen and oxygen atoms in total. The molecule has 0 atom stereocenters. The molecule has 0 aliphatic carbocycles. The molecule has 0 saturated heterocycles. The Morgan fingerprint density at radius 3 is 2.44 bits per heavy atom. The van der Waals surface area contributed by atoms with Crippen LogP contribution < -0.4 is 4.74 Å². The van der Waals surface area contributed by atoms with Crippen LogP contribution in [-0.2, 0) is 6.61 Å². The number of aryl methyl sites for hydroxylation is 1. The summed E-state index contributed by atoms with van der Waals surface area (Å²) in [5.74, 6) is -1.91. The van der Waals surface area contributed by atoms with Crippen molar-refractivity contribution in [3.63, 3.8) is 0 Å². The summed E-state index contributed by atoms with van der Waals surface area (Å²) in [7, 11) is 0. The molecule has 3 aromatic carbocycles. The summed E-state index contributed by atoms with van der Waals surface area (Å²) >= 11 is 7.74. The first-order valence-electron chi connectivity index (χ1n) is 9.62. The third kappa shape index (κ3) is 4.38. The number of carbonyl (C=O) groups is 1. The van der Waals surface area contributed by atoms with Crippen molar-refractivity contribution in [2.45, 2.75) is 13.5 Å². The molecule has 0 spiro atoms. The molecule has 1 aromatic heterocycles. The number of carboxylic acids is 1. The van der Waals surface area contributed by atoms with Gasteiger partial charge in [-0.15, -0.1) is 11.3 Å². The van der Waals surface area contributed by atoms with E-state index in [-0.39, 0.29) is 17.7 Å². The van der Waals surface area contributed by atoms with Crippen molar-refractivity contribution in [3.8, 4) is 27.3 Å². The van der Waals surface area contributed by atoms with E-state index in [2.05, 4.69) is 0 Å². The Morgan fingerprint density at radius 1 is 1.00 bits per heavy atom. The molecule has 1 heterocycles. The van der Waals surface area contributed by atoms with Crippen molar-refractivity contribution in [3.05, 3.63) is 99.4 Å². The number of ether oxygens (including phenoxy) is 1. The lowest BCUT2D eigenvalue weighted by atomic mass is 9.98. The quantitative estimate of drug-likeness (QED) is 0.315. The fourth-order valence-corrected chi connectivity index (χ4v) is 4.61. The minimum Gasteiger partial charge on any atom is -0.488 e. The molecule has 0 aliphatic rings. The van der Waals surface area contributed by atoms with Crippen molar-refractivity contribution in [1.82, 2.24) is 0 Å². The lowest BCUT2D eigenvalue weighted by Crippen LogP contribution is -2.02. The second-order valence-electron chi connectivity index (χ2n) is 7.13. The number of thiophene rings is 1. The zero-order chi connectivity index (χ0) is 22.8. The summed E-state index contributed by atoms with van der Waals surface area (Å²) in [6.45, 7) is 1.57. The van der Waals surface area contributed by atoms with Crippen LogP contribution in [0.5, 0.6) is 5.75 Å². The van der Waals surface area contributed by atoms with Crippen LogP contribution in [0.3, 0.4) is 0 Å². The second kappa shape index (κ2) is 9.10. The molecule has 0 amide bonds. The Hall–Kier alpha value is -3.22. The van der Waals surface area contributed by atoms with Crippen LogP contribution >= 0.6 is 22.9 Å². The van der Waals surface area contributed by atoms with Gasteiger partial charge >= 0.3 is 5.97 Å². The van der Waals surface area contributed by atoms with Gasteiger partial charge in [0.15, 0.2) is 0 Å². The summed E-state index contributed by atoms with van der Waals surface area (Å²) in [4.78, 5) is 12.2. The Kier molecular flexibility index (Phi) is 6.26. The predicted octanol–water partition coefficient (Wildman–Crippen LogP) is 7.60. The van der Waals surface area contributed by atoms with Crippen molar-refractivity contribution in [1.29, 1.82) is 0 Å². The van der Waals surface area contributed by atoms with Gasteiger partial charge in [0.05, 0.1) is 11.1 Å². The van der Waals surface area contributed by atoms with Crippen molar-refractivity contribution in [2.75, 3.05) is 0 Å². The third-order valence-electron chi connectivity index (χ3n) is 5.05. The first-order chi connectivity index (χ1) is 15.3. The number of hydrogen-bond acceptors (Lipinski definition) is 3. The van der Waals surface area contributed by atoms with Gasteiger partial charge in [0.2, 0.25) is 0 Å². The van der Waals surface area contributed by atoms with Crippen LogP contribution in [0.15, 0.2) is 66.0 Å². The molecule has 0 aliphatic heterocycles. The highest BCUT2D eigenvalue weighted by atomic mass is 35.5. The summed E-state index contributed by atoms with van der Waals surface area (Å²) in [6.07, 6.45) is 0. The maximum Gasteiger partial charge on any atom is 0.335 e. The molecule has 1 N–H and O–H groups in total. The summed E-state index contributed by atoms with van der Waals surface area (Å²) < 4.78 is 33.9. The van der Waals surface area contributed by atoms with E-state index in [9.17, 15) is 18.7 Å². The molecule has 0 unspecified atom stereocenters. The van der Waals surface area contributed by atoms with Crippen LogP contribution in [0.1, 0.15) is 21.5 Å². The normalized spacial score (nSPS) is 10.9. The van der Waals surface area contributed by atoms with E-state index < -0.39 is 17.6 Å². The predicted molar refractivity (Wildman–Crippen MR) is 123 cm³/mol. The molecule has 0 radical (unpaired) electrons. The maximum atomic E-state index is 14.0.